The van der Waals surface area contributed by atoms with Gasteiger partial charge in [0.05, 0.1) is 9.79 Å². The quantitative estimate of drug-likeness (QED) is 0.807. The Bertz CT molecular complexity index is 877. The van der Waals surface area contributed by atoms with Crippen LogP contribution < -0.4 is 5.14 Å². The highest BCUT2D eigenvalue weighted by Gasteiger charge is 2.24. The van der Waals surface area contributed by atoms with E-state index in [1.165, 1.54) is 28.6 Å². The Morgan fingerprint density at radius 1 is 0.875 bits per heavy atom. The van der Waals surface area contributed by atoms with Crippen molar-refractivity contribution in [2.45, 2.75) is 29.7 Å². The number of hydrogen-bond donors (Lipinski definition) is 1. The van der Waals surface area contributed by atoms with Gasteiger partial charge < -0.3 is 0 Å². The van der Waals surface area contributed by atoms with Crippen molar-refractivity contribution in [2.75, 3.05) is 6.54 Å². The zero-order valence-electron chi connectivity index (χ0n) is 13.3. The van der Waals surface area contributed by atoms with Crippen LogP contribution in [0.3, 0.4) is 0 Å². The lowest BCUT2D eigenvalue weighted by molar-refractivity contribution is 0.405. The molecule has 0 unspecified atom stereocenters. The highest BCUT2D eigenvalue weighted by atomic mass is 32.2. The van der Waals surface area contributed by atoms with Gasteiger partial charge in [-0.3, -0.25) is 0 Å². The second-order valence-corrected chi connectivity index (χ2v) is 8.84. The average molecular weight is 368 g/mol. The lowest BCUT2D eigenvalue weighted by Gasteiger charge is -2.22. The summed E-state index contributed by atoms with van der Waals surface area (Å²) < 4.78 is 49.6. The Morgan fingerprint density at radius 2 is 1.42 bits per heavy atom. The van der Waals surface area contributed by atoms with Crippen LogP contribution in [-0.4, -0.2) is 27.7 Å². The van der Waals surface area contributed by atoms with E-state index in [1.807, 2.05) is 37.3 Å². The van der Waals surface area contributed by atoms with E-state index in [1.54, 1.807) is 0 Å². The van der Waals surface area contributed by atoms with Crippen molar-refractivity contribution in [3.63, 3.8) is 0 Å². The molecule has 2 aromatic rings. The fourth-order valence-corrected chi connectivity index (χ4v) is 4.31. The number of nitrogens with zero attached hydrogens (tertiary/aromatic N) is 1. The van der Waals surface area contributed by atoms with Gasteiger partial charge in [-0.05, 0) is 36.2 Å². The fraction of sp³-hybridized carbons (Fsp3) is 0.250. The fourth-order valence-electron chi connectivity index (χ4n) is 2.27. The molecule has 0 saturated carbocycles. The molecule has 8 heteroatoms. The molecule has 0 fully saturated rings. The maximum atomic E-state index is 12.8. The molecule has 0 heterocycles. The second-order valence-electron chi connectivity index (χ2n) is 5.34. The van der Waals surface area contributed by atoms with Crippen molar-refractivity contribution in [1.82, 2.24) is 4.31 Å². The van der Waals surface area contributed by atoms with Crippen molar-refractivity contribution in [3.05, 3.63) is 60.2 Å². The van der Waals surface area contributed by atoms with Gasteiger partial charge in [-0.25, -0.2) is 22.0 Å². The van der Waals surface area contributed by atoms with Crippen molar-refractivity contribution in [3.8, 4) is 0 Å². The maximum Gasteiger partial charge on any atom is 0.243 e. The van der Waals surface area contributed by atoms with Crippen LogP contribution in [-0.2, 0) is 26.6 Å². The molecule has 2 aromatic carbocycles. The summed E-state index contributed by atoms with van der Waals surface area (Å²) in [7, 11) is -7.58. The molecule has 0 amide bonds. The van der Waals surface area contributed by atoms with Gasteiger partial charge in [0.15, 0.2) is 0 Å². The van der Waals surface area contributed by atoms with Crippen molar-refractivity contribution in [2.24, 2.45) is 5.14 Å². The molecular formula is C16H20N2O4S2. The SMILES string of the molecule is CCCN(Cc1ccccc1)S(=O)(=O)c1ccc(S(N)(=O)=O)cc1. The van der Waals surface area contributed by atoms with Crippen molar-refractivity contribution in [1.29, 1.82) is 0 Å². The molecule has 0 aromatic heterocycles. The van der Waals surface area contributed by atoms with Crippen LogP contribution in [0.1, 0.15) is 18.9 Å². The Hall–Kier alpha value is -1.74. The summed E-state index contributed by atoms with van der Waals surface area (Å²) in [6, 6.07) is 14.2. The molecule has 0 atom stereocenters. The van der Waals surface area contributed by atoms with Gasteiger partial charge in [-0.2, -0.15) is 4.31 Å². The Labute approximate surface area is 143 Å². The zero-order valence-corrected chi connectivity index (χ0v) is 14.9. The highest BCUT2D eigenvalue weighted by Crippen LogP contribution is 2.20. The van der Waals surface area contributed by atoms with E-state index in [0.29, 0.717) is 13.0 Å². The molecule has 130 valence electrons. The van der Waals surface area contributed by atoms with Crippen molar-refractivity contribution >= 4 is 20.0 Å². The third kappa shape index (κ3) is 4.41. The van der Waals surface area contributed by atoms with Gasteiger partial charge in [0.2, 0.25) is 20.0 Å². The summed E-state index contributed by atoms with van der Waals surface area (Å²) >= 11 is 0. The standard InChI is InChI=1S/C16H20N2O4S2/c1-2-12-18(13-14-6-4-3-5-7-14)24(21,22)16-10-8-15(9-11-16)23(17,19)20/h3-11H,2,12-13H2,1H3,(H2,17,19,20). The van der Waals surface area contributed by atoms with Gasteiger partial charge in [0, 0.05) is 13.1 Å². The first-order valence-corrected chi connectivity index (χ1v) is 10.4. The van der Waals surface area contributed by atoms with E-state index in [4.69, 9.17) is 5.14 Å². The summed E-state index contributed by atoms with van der Waals surface area (Å²) in [5.74, 6) is 0. The number of sulfonamides is 2. The van der Waals surface area contributed by atoms with Crippen LogP contribution >= 0.6 is 0 Å². The minimum atomic E-state index is -3.85. The molecule has 0 aliphatic carbocycles. The predicted molar refractivity (Wildman–Crippen MR) is 92.1 cm³/mol. The van der Waals surface area contributed by atoms with Crippen LogP contribution in [0.2, 0.25) is 0 Å². The monoisotopic (exact) mass is 368 g/mol. The normalized spacial score (nSPS) is 12.5. The lowest BCUT2D eigenvalue weighted by atomic mass is 10.2. The molecular weight excluding hydrogens is 348 g/mol. The van der Waals surface area contributed by atoms with Gasteiger partial charge >= 0.3 is 0 Å². The van der Waals surface area contributed by atoms with Gasteiger partial charge in [-0.15, -0.1) is 0 Å². The predicted octanol–water partition coefficient (Wildman–Crippen LogP) is 1.93. The molecule has 0 bridgehead atoms. The number of benzene rings is 2. The third-order valence-corrected chi connectivity index (χ3v) is 6.25. The molecule has 0 aliphatic heterocycles. The van der Waals surface area contributed by atoms with Gasteiger partial charge in [0.25, 0.3) is 0 Å². The summed E-state index contributed by atoms with van der Waals surface area (Å²) in [6.45, 7) is 2.53. The first-order valence-electron chi connectivity index (χ1n) is 7.42. The summed E-state index contributed by atoms with van der Waals surface area (Å²) in [5.41, 5.74) is 0.885. The molecule has 0 radical (unpaired) electrons. The number of primary sulfonamides is 1. The Morgan fingerprint density at radius 3 is 1.92 bits per heavy atom. The average Bonchev–Trinajstić information content (AvgIpc) is 2.55. The molecule has 2 N–H and O–H groups in total. The second kappa shape index (κ2) is 7.43. The van der Waals surface area contributed by atoms with E-state index in [0.717, 1.165) is 5.56 Å². The maximum absolute atomic E-state index is 12.8. The molecule has 0 saturated heterocycles. The lowest BCUT2D eigenvalue weighted by Crippen LogP contribution is -2.31. The van der Waals surface area contributed by atoms with Crippen LogP contribution in [0.4, 0.5) is 0 Å². The van der Waals surface area contributed by atoms with Gasteiger partial charge in [0.1, 0.15) is 0 Å². The molecule has 6 nitrogen and oxygen atoms in total. The van der Waals surface area contributed by atoms with Crippen LogP contribution in [0.25, 0.3) is 0 Å². The summed E-state index contributed by atoms with van der Waals surface area (Å²) in [4.78, 5) is -0.0779. The number of rotatable bonds is 7. The summed E-state index contributed by atoms with van der Waals surface area (Å²) in [6.07, 6.45) is 0.668. The smallest absolute Gasteiger partial charge is 0.225 e. The molecule has 2 rings (SSSR count). The van der Waals surface area contributed by atoms with Gasteiger partial charge in [-0.1, -0.05) is 37.3 Å². The largest absolute Gasteiger partial charge is 0.243 e. The van der Waals surface area contributed by atoms with Crippen LogP contribution in [0, 0.1) is 0 Å². The minimum Gasteiger partial charge on any atom is -0.225 e. The van der Waals surface area contributed by atoms with E-state index < -0.39 is 20.0 Å². The number of hydrogen-bond acceptors (Lipinski definition) is 4. The van der Waals surface area contributed by atoms with Crippen LogP contribution in [0.15, 0.2) is 64.4 Å². The summed E-state index contributed by atoms with van der Waals surface area (Å²) in [5, 5.41) is 5.04. The first kappa shape index (κ1) is 18.6. The third-order valence-electron chi connectivity index (χ3n) is 3.46. The van der Waals surface area contributed by atoms with E-state index >= 15 is 0 Å². The highest BCUT2D eigenvalue weighted by molar-refractivity contribution is 7.89. The molecule has 0 spiro atoms. The zero-order chi connectivity index (χ0) is 17.8. The van der Waals surface area contributed by atoms with Crippen LogP contribution in [0.5, 0.6) is 0 Å². The minimum absolute atomic E-state index is 0.0410. The number of nitrogens with two attached hydrogens (primary N) is 1. The van der Waals surface area contributed by atoms with E-state index in [-0.39, 0.29) is 16.3 Å². The Kier molecular flexibility index (Phi) is 5.76. The molecule has 24 heavy (non-hydrogen) atoms. The van der Waals surface area contributed by atoms with E-state index in [9.17, 15) is 16.8 Å². The Balaban J connectivity index is 2.34. The topological polar surface area (TPSA) is 97.5 Å². The first-order chi connectivity index (χ1) is 11.2. The van der Waals surface area contributed by atoms with E-state index in [2.05, 4.69) is 0 Å². The molecule has 0 aliphatic rings. The van der Waals surface area contributed by atoms with Crippen molar-refractivity contribution < 1.29 is 16.8 Å².